The molecule has 1 fully saturated rings. The molecular weight excluding hydrogens is 206 g/mol. The minimum absolute atomic E-state index is 0.0426. The van der Waals surface area contributed by atoms with E-state index in [1.807, 2.05) is 4.68 Å². The molecule has 90 valence electrons. The van der Waals surface area contributed by atoms with Crippen molar-refractivity contribution in [2.45, 2.75) is 51.9 Å². The summed E-state index contributed by atoms with van der Waals surface area (Å²) in [4.78, 5) is 0. The molecule has 1 atom stereocenters. The van der Waals surface area contributed by atoms with Gasteiger partial charge in [-0.2, -0.15) is 0 Å². The fraction of sp³-hybridized carbons (Fsp3) is 0.818. The summed E-state index contributed by atoms with van der Waals surface area (Å²) in [6.45, 7) is 5.73. The van der Waals surface area contributed by atoms with Gasteiger partial charge in [0, 0.05) is 6.61 Å². The van der Waals surface area contributed by atoms with Crippen LogP contribution in [-0.2, 0) is 17.9 Å². The monoisotopic (exact) mass is 225 g/mol. The molecule has 0 amide bonds. The van der Waals surface area contributed by atoms with Gasteiger partial charge in [-0.15, -0.1) is 5.10 Å². The Morgan fingerprint density at radius 2 is 2.38 bits per heavy atom. The van der Waals surface area contributed by atoms with E-state index in [9.17, 15) is 5.11 Å². The van der Waals surface area contributed by atoms with E-state index >= 15 is 0 Å². The van der Waals surface area contributed by atoms with Crippen LogP contribution in [0.2, 0.25) is 0 Å². The first-order valence-electron chi connectivity index (χ1n) is 5.87. The Morgan fingerprint density at radius 1 is 1.56 bits per heavy atom. The van der Waals surface area contributed by atoms with Gasteiger partial charge in [0.1, 0.15) is 5.69 Å². The number of nitrogens with zero attached hydrogens (tertiary/aromatic N) is 3. The van der Waals surface area contributed by atoms with E-state index in [-0.39, 0.29) is 12.7 Å². The summed E-state index contributed by atoms with van der Waals surface area (Å²) in [6.07, 6.45) is 2.47. The van der Waals surface area contributed by atoms with Crippen molar-refractivity contribution >= 4 is 0 Å². The first kappa shape index (κ1) is 11.5. The predicted octanol–water partition coefficient (Wildman–Crippen LogP) is 1.07. The van der Waals surface area contributed by atoms with Crippen molar-refractivity contribution in [1.82, 2.24) is 15.0 Å². The molecule has 1 aromatic rings. The number of rotatable bonds is 4. The highest BCUT2D eigenvalue weighted by atomic mass is 16.5. The summed E-state index contributed by atoms with van der Waals surface area (Å²) in [5, 5.41) is 17.3. The summed E-state index contributed by atoms with van der Waals surface area (Å²) >= 11 is 0. The second kappa shape index (κ2) is 4.93. The van der Waals surface area contributed by atoms with Gasteiger partial charge in [-0.05, 0) is 18.8 Å². The van der Waals surface area contributed by atoms with Gasteiger partial charge in [-0.3, -0.25) is 0 Å². The van der Waals surface area contributed by atoms with Gasteiger partial charge in [-0.25, -0.2) is 4.68 Å². The van der Waals surface area contributed by atoms with E-state index < -0.39 is 0 Å². The van der Waals surface area contributed by atoms with Crippen molar-refractivity contribution < 1.29 is 9.84 Å². The number of aliphatic hydroxyl groups excluding tert-OH is 1. The average molecular weight is 225 g/mol. The summed E-state index contributed by atoms with van der Waals surface area (Å²) in [6, 6.07) is 0. The molecule has 2 heterocycles. The third kappa shape index (κ3) is 2.25. The van der Waals surface area contributed by atoms with Gasteiger partial charge in [0.15, 0.2) is 0 Å². The molecule has 1 unspecified atom stereocenters. The molecule has 16 heavy (non-hydrogen) atoms. The summed E-state index contributed by atoms with van der Waals surface area (Å²) in [5.74, 6) is 0.318. The largest absolute Gasteiger partial charge is 0.390 e. The van der Waals surface area contributed by atoms with Crippen molar-refractivity contribution in [1.29, 1.82) is 0 Å². The SMILES string of the molecule is CC(C)c1c(CO)nnn1CC1CCCO1. The van der Waals surface area contributed by atoms with Crippen molar-refractivity contribution in [3.05, 3.63) is 11.4 Å². The van der Waals surface area contributed by atoms with Crippen molar-refractivity contribution in [3.8, 4) is 0 Å². The molecule has 5 heteroatoms. The smallest absolute Gasteiger partial charge is 0.112 e. The first-order chi connectivity index (χ1) is 7.72. The lowest BCUT2D eigenvalue weighted by molar-refractivity contribution is 0.0925. The summed E-state index contributed by atoms with van der Waals surface area (Å²) < 4.78 is 7.46. The molecule has 1 aromatic heterocycles. The quantitative estimate of drug-likeness (QED) is 0.832. The van der Waals surface area contributed by atoms with Crippen LogP contribution in [0.5, 0.6) is 0 Å². The molecule has 0 spiro atoms. The zero-order valence-corrected chi connectivity index (χ0v) is 9.89. The highest BCUT2D eigenvalue weighted by molar-refractivity contribution is 5.13. The Bertz CT molecular complexity index is 343. The second-order valence-electron chi connectivity index (χ2n) is 4.55. The van der Waals surface area contributed by atoms with Crippen molar-refractivity contribution in [2.24, 2.45) is 0 Å². The van der Waals surface area contributed by atoms with E-state index in [2.05, 4.69) is 24.2 Å². The van der Waals surface area contributed by atoms with E-state index in [1.165, 1.54) is 0 Å². The topological polar surface area (TPSA) is 60.2 Å². The Balaban J connectivity index is 2.15. The molecule has 1 aliphatic heterocycles. The zero-order valence-electron chi connectivity index (χ0n) is 9.89. The highest BCUT2D eigenvalue weighted by Gasteiger charge is 2.21. The molecule has 1 aliphatic rings. The number of aliphatic hydroxyl groups is 1. The highest BCUT2D eigenvalue weighted by Crippen LogP contribution is 2.20. The lowest BCUT2D eigenvalue weighted by Gasteiger charge is -2.14. The van der Waals surface area contributed by atoms with Gasteiger partial charge in [0.05, 0.1) is 24.9 Å². The fourth-order valence-electron chi connectivity index (χ4n) is 2.22. The van der Waals surface area contributed by atoms with Crippen molar-refractivity contribution in [3.63, 3.8) is 0 Å². The maximum absolute atomic E-state index is 9.19. The van der Waals surface area contributed by atoms with E-state index in [0.717, 1.165) is 31.7 Å². The van der Waals surface area contributed by atoms with Crippen molar-refractivity contribution in [2.75, 3.05) is 6.61 Å². The lowest BCUT2D eigenvalue weighted by Crippen LogP contribution is -2.18. The van der Waals surface area contributed by atoms with Crippen LogP contribution < -0.4 is 0 Å². The van der Waals surface area contributed by atoms with Gasteiger partial charge in [0.25, 0.3) is 0 Å². The van der Waals surface area contributed by atoms with Crippen LogP contribution in [-0.4, -0.2) is 32.8 Å². The third-order valence-corrected chi connectivity index (χ3v) is 2.94. The fourth-order valence-corrected chi connectivity index (χ4v) is 2.22. The summed E-state index contributed by atoms with van der Waals surface area (Å²) in [7, 11) is 0. The molecule has 1 saturated heterocycles. The van der Waals surface area contributed by atoms with E-state index in [0.29, 0.717) is 11.6 Å². The molecule has 5 nitrogen and oxygen atoms in total. The Labute approximate surface area is 95.4 Å². The Hall–Kier alpha value is -0.940. The number of ether oxygens (including phenoxy) is 1. The Morgan fingerprint density at radius 3 is 2.94 bits per heavy atom. The maximum Gasteiger partial charge on any atom is 0.112 e. The molecule has 0 bridgehead atoms. The van der Waals surface area contributed by atoms with Crippen LogP contribution in [0, 0.1) is 0 Å². The van der Waals surface area contributed by atoms with Crippen LogP contribution in [0.15, 0.2) is 0 Å². The number of aromatic nitrogens is 3. The van der Waals surface area contributed by atoms with Crippen LogP contribution in [0.4, 0.5) is 0 Å². The third-order valence-electron chi connectivity index (χ3n) is 2.94. The Kier molecular flexibility index (Phi) is 3.56. The molecular formula is C11H19N3O2. The number of hydrogen-bond acceptors (Lipinski definition) is 4. The van der Waals surface area contributed by atoms with Gasteiger partial charge in [0.2, 0.25) is 0 Å². The maximum atomic E-state index is 9.19. The molecule has 0 aromatic carbocycles. The minimum atomic E-state index is -0.0426. The van der Waals surface area contributed by atoms with Crippen LogP contribution in [0.3, 0.4) is 0 Å². The predicted molar refractivity (Wildman–Crippen MR) is 59.0 cm³/mol. The normalized spacial score (nSPS) is 20.9. The van der Waals surface area contributed by atoms with Gasteiger partial charge >= 0.3 is 0 Å². The molecule has 2 rings (SSSR count). The number of hydrogen-bond donors (Lipinski definition) is 1. The molecule has 0 aliphatic carbocycles. The van der Waals surface area contributed by atoms with E-state index in [1.54, 1.807) is 0 Å². The standard InChI is InChI=1S/C11H19N3O2/c1-8(2)11-10(7-15)12-13-14(11)6-9-4-3-5-16-9/h8-9,15H,3-7H2,1-2H3. The van der Waals surface area contributed by atoms with Gasteiger partial charge in [-0.1, -0.05) is 19.1 Å². The van der Waals surface area contributed by atoms with Crippen LogP contribution >= 0.6 is 0 Å². The minimum Gasteiger partial charge on any atom is -0.390 e. The summed E-state index contributed by atoms with van der Waals surface area (Å²) in [5.41, 5.74) is 1.71. The molecule has 1 N–H and O–H groups in total. The first-order valence-corrected chi connectivity index (χ1v) is 5.87. The second-order valence-corrected chi connectivity index (χ2v) is 4.55. The van der Waals surface area contributed by atoms with Crippen LogP contribution in [0.1, 0.15) is 44.0 Å². The molecule has 0 radical (unpaired) electrons. The zero-order chi connectivity index (χ0) is 11.5. The van der Waals surface area contributed by atoms with Gasteiger partial charge < -0.3 is 9.84 Å². The lowest BCUT2D eigenvalue weighted by atomic mass is 10.1. The average Bonchev–Trinajstić information content (AvgIpc) is 2.87. The molecule has 0 saturated carbocycles. The van der Waals surface area contributed by atoms with E-state index in [4.69, 9.17) is 4.74 Å². The van der Waals surface area contributed by atoms with Crippen LogP contribution in [0.25, 0.3) is 0 Å².